The monoisotopic (exact) mass is 312 g/mol. The number of carbonyl (C=O) groups is 1. The van der Waals surface area contributed by atoms with Crippen molar-refractivity contribution in [2.75, 3.05) is 0 Å². The molecule has 0 saturated heterocycles. The molecule has 114 valence electrons. The van der Waals surface area contributed by atoms with E-state index in [0.717, 1.165) is 0 Å². The summed E-state index contributed by atoms with van der Waals surface area (Å²) in [5.74, 6) is -2.01. The Morgan fingerprint density at radius 1 is 1.38 bits per heavy atom. The van der Waals surface area contributed by atoms with Crippen LogP contribution < -0.4 is 4.72 Å². The van der Waals surface area contributed by atoms with Gasteiger partial charge in [0.25, 0.3) is 0 Å². The highest BCUT2D eigenvalue weighted by Crippen LogP contribution is 2.19. The number of aliphatic carboxylic acids is 1. The van der Waals surface area contributed by atoms with E-state index in [9.17, 15) is 13.2 Å². The van der Waals surface area contributed by atoms with Crippen LogP contribution in [0.2, 0.25) is 0 Å². The van der Waals surface area contributed by atoms with Gasteiger partial charge in [-0.25, -0.2) is 13.1 Å². The maximum Gasteiger partial charge on any atom is 0.321 e. The molecule has 7 nitrogen and oxygen atoms in total. The van der Waals surface area contributed by atoms with E-state index in [-0.39, 0.29) is 11.6 Å². The molecule has 0 bridgehead atoms. The molecule has 0 unspecified atom stereocenters. The van der Waals surface area contributed by atoms with Crippen molar-refractivity contribution < 1.29 is 22.8 Å². The molecule has 0 radical (unpaired) electrons. The molecule has 0 aliphatic heterocycles. The minimum Gasteiger partial charge on any atom is -0.480 e. The van der Waals surface area contributed by atoms with Gasteiger partial charge in [-0.15, -0.1) is 0 Å². The van der Waals surface area contributed by atoms with Crippen molar-refractivity contribution >= 4 is 27.0 Å². The molecule has 2 rings (SSSR count). The summed E-state index contributed by atoms with van der Waals surface area (Å²) in [4.78, 5) is 11.1. The van der Waals surface area contributed by atoms with Gasteiger partial charge in [0.1, 0.15) is 17.5 Å². The first-order valence-electron chi connectivity index (χ1n) is 6.36. The van der Waals surface area contributed by atoms with Crippen LogP contribution in [-0.4, -0.2) is 30.7 Å². The van der Waals surface area contributed by atoms with Crippen molar-refractivity contribution in [2.45, 2.75) is 25.6 Å². The van der Waals surface area contributed by atoms with E-state index in [1.807, 2.05) is 0 Å². The van der Waals surface area contributed by atoms with Crippen LogP contribution in [0.3, 0.4) is 0 Å². The summed E-state index contributed by atoms with van der Waals surface area (Å²) in [7, 11) is -3.84. The molecule has 2 N–H and O–H groups in total. The Morgan fingerprint density at radius 2 is 2.05 bits per heavy atom. The highest BCUT2D eigenvalue weighted by atomic mass is 32.2. The van der Waals surface area contributed by atoms with Crippen molar-refractivity contribution in [3.63, 3.8) is 0 Å². The van der Waals surface area contributed by atoms with Crippen molar-refractivity contribution in [2.24, 2.45) is 5.92 Å². The molecule has 0 aliphatic carbocycles. The second-order valence-corrected chi connectivity index (χ2v) is 6.82. The fraction of sp³-hybridized carbons (Fsp3) is 0.385. The average Bonchev–Trinajstić information content (AvgIpc) is 2.78. The van der Waals surface area contributed by atoms with Crippen LogP contribution in [-0.2, 0) is 20.6 Å². The molecule has 0 aliphatic rings. The number of fused-ring (bicyclic) bond motifs is 1. The van der Waals surface area contributed by atoms with Gasteiger partial charge in [0, 0.05) is 5.39 Å². The summed E-state index contributed by atoms with van der Waals surface area (Å²) in [6.45, 7) is 3.26. The number of sulfonamides is 1. The fourth-order valence-corrected chi connectivity index (χ4v) is 3.34. The van der Waals surface area contributed by atoms with Gasteiger partial charge in [-0.05, 0) is 18.1 Å². The fourth-order valence-electron chi connectivity index (χ4n) is 1.93. The largest absolute Gasteiger partial charge is 0.480 e. The summed E-state index contributed by atoms with van der Waals surface area (Å²) < 4.78 is 31.4. The van der Waals surface area contributed by atoms with E-state index in [4.69, 9.17) is 9.63 Å². The first-order valence-corrected chi connectivity index (χ1v) is 8.01. The third-order valence-electron chi connectivity index (χ3n) is 3.02. The molecule has 21 heavy (non-hydrogen) atoms. The Kier molecular flexibility index (Phi) is 4.29. The molecule has 0 fully saturated rings. The van der Waals surface area contributed by atoms with Crippen molar-refractivity contribution in [3.8, 4) is 0 Å². The van der Waals surface area contributed by atoms with Crippen molar-refractivity contribution in [3.05, 3.63) is 30.0 Å². The minimum absolute atomic E-state index is 0.256. The summed E-state index contributed by atoms with van der Waals surface area (Å²) in [6.07, 6.45) is 0. The molecular formula is C13H16N2O5S. The Labute approximate surface area is 122 Å². The second kappa shape index (κ2) is 5.82. The van der Waals surface area contributed by atoms with Crippen LogP contribution in [0, 0.1) is 5.92 Å². The molecule has 2 aromatic rings. The van der Waals surface area contributed by atoms with Gasteiger partial charge in [0.15, 0.2) is 5.58 Å². The van der Waals surface area contributed by atoms with E-state index in [1.165, 1.54) is 0 Å². The second-order valence-electron chi connectivity index (χ2n) is 5.06. The molecule has 1 aromatic heterocycles. The van der Waals surface area contributed by atoms with E-state index in [0.29, 0.717) is 11.0 Å². The standard InChI is InChI=1S/C13H16N2O5S/c1-8(2)12(13(16)17)15-21(18,19)7-10-9-5-3-4-6-11(9)20-14-10/h3-6,8,12,15H,7H2,1-2H3,(H,16,17)/t12-/m0/s1. The molecule has 1 heterocycles. The zero-order valence-corrected chi connectivity index (χ0v) is 12.4. The normalized spacial score (nSPS) is 13.7. The summed E-state index contributed by atoms with van der Waals surface area (Å²) in [5, 5.41) is 13.4. The van der Waals surface area contributed by atoms with Crippen LogP contribution in [0.5, 0.6) is 0 Å². The van der Waals surface area contributed by atoms with Gasteiger partial charge in [-0.3, -0.25) is 4.79 Å². The zero-order chi connectivity index (χ0) is 15.6. The lowest BCUT2D eigenvalue weighted by molar-refractivity contribution is -0.140. The van der Waals surface area contributed by atoms with Crippen LogP contribution in [0.15, 0.2) is 28.8 Å². The number of nitrogens with zero attached hydrogens (tertiary/aromatic N) is 1. The van der Waals surface area contributed by atoms with E-state index >= 15 is 0 Å². The zero-order valence-electron chi connectivity index (χ0n) is 11.6. The SMILES string of the molecule is CC(C)[C@H](NS(=O)(=O)Cc1noc2ccccc12)C(=O)O. The first kappa shape index (κ1) is 15.5. The maximum absolute atomic E-state index is 12.1. The topological polar surface area (TPSA) is 110 Å². The lowest BCUT2D eigenvalue weighted by Gasteiger charge is -2.17. The van der Waals surface area contributed by atoms with E-state index < -0.39 is 27.8 Å². The first-order chi connectivity index (χ1) is 9.80. The summed E-state index contributed by atoms with van der Waals surface area (Å²) in [6, 6.07) is 5.71. The number of hydrogen-bond acceptors (Lipinski definition) is 5. The molecule has 0 saturated carbocycles. The van der Waals surface area contributed by atoms with Gasteiger partial charge >= 0.3 is 5.97 Å². The molecule has 1 aromatic carbocycles. The Bertz CT molecular complexity index is 751. The summed E-state index contributed by atoms with van der Waals surface area (Å²) in [5.41, 5.74) is 0.743. The highest BCUT2D eigenvalue weighted by molar-refractivity contribution is 7.88. The van der Waals surface area contributed by atoms with Crippen LogP contribution in [0.1, 0.15) is 19.5 Å². The lowest BCUT2D eigenvalue weighted by atomic mass is 10.1. The van der Waals surface area contributed by atoms with E-state index in [2.05, 4.69) is 9.88 Å². The summed E-state index contributed by atoms with van der Waals surface area (Å²) >= 11 is 0. The highest BCUT2D eigenvalue weighted by Gasteiger charge is 2.28. The van der Waals surface area contributed by atoms with E-state index in [1.54, 1.807) is 38.1 Å². The number of benzene rings is 1. The quantitative estimate of drug-likeness (QED) is 0.833. The number of hydrogen-bond donors (Lipinski definition) is 2. The molecule has 1 atom stereocenters. The maximum atomic E-state index is 12.1. The number of carboxylic acids is 1. The van der Waals surface area contributed by atoms with Gasteiger partial charge < -0.3 is 9.63 Å². The van der Waals surface area contributed by atoms with Crippen LogP contribution in [0.4, 0.5) is 0 Å². The lowest BCUT2D eigenvalue weighted by Crippen LogP contribution is -2.44. The van der Waals surface area contributed by atoms with Crippen molar-refractivity contribution in [1.82, 2.24) is 9.88 Å². The number of carboxylic acid groups (broad SMARTS) is 1. The minimum atomic E-state index is -3.84. The number of nitrogens with one attached hydrogen (secondary N) is 1. The van der Waals surface area contributed by atoms with Gasteiger partial charge in [-0.2, -0.15) is 0 Å². The van der Waals surface area contributed by atoms with Crippen LogP contribution >= 0.6 is 0 Å². The number of aromatic nitrogens is 1. The number of rotatable bonds is 6. The van der Waals surface area contributed by atoms with Gasteiger partial charge in [0.2, 0.25) is 10.0 Å². The third kappa shape index (κ3) is 3.59. The van der Waals surface area contributed by atoms with Gasteiger partial charge in [-0.1, -0.05) is 31.1 Å². The van der Waals surface area contributed by atoms with Gasteiger partial charge in [0.05, 0.1) is 0 Å². The predicted octanol–water partition coefficient (Wildman–Crippen LogP) is 1.36. The smallest absolute Gasteiger partial charge is 0.321 e. The van der Waals surface area contributed by atoms with Crippen molar-refractivity contribution in [1.29, 1.82) is 0 Å². The molecule has 0 amide bonds. The molecule has 8 heteroatoms. The third-order valence-corrected chi connectivity index (χ3v) is 4.28. The number of para-hydroxylation sites is 1. The molecular weight excluding hydrogens is 296 g/mol. The Morgan fingerprint density at radius 3 is 2.67 bits per heavy atom. The Hall–Kier alpha value is -1.93. The molecule has 0 spiro atoms. The Balaban J connectivity index is 2.23. The average molecular weight is 312 g/mol. The van der Waals surface area contributed by atoms with Crippen LogP contribution in [0.25, 0.3) is 11.0 Å². The predicted molar refractivity (Wildman–Crippen MR) is 76.0 cm³/mol.